The minimum atomic E-state index is 0.398. The van der Waals surface area contributed by atoms with Gasteiger partial charge in [-0.3, -0.25) is 4.98 Å². The Morgan fingerprint density at radius 3 is 3.14 bits per heavy atom. The maximum atomic E-state index is 4.18. The molecule has 0 fully saturated rings. The molecular formula is C18H18BrN3. The summed E-state index contributed by atoms with van der Waals surface area (Å²) in [5, 5.41) is 5.05. The van der Waals surface area contributed by atoms with Gasteiger partial charge in [0.15, 0.2) is 0 Å². The Morgan fingerprint density at radius 1 is 1.32 bits per heavy atom. The fraction of sp³-hybridized carbons (Fsp3) is 0.278. The molecule has 4 heteroatoms. The largest absolute Gasteiger partial charge is 0.357 e. The first kappa shape index (κ1) is 14.0. The molecule has 0 saturated heterocycles. The van der Waals surface area contributed by atoms with Crippen LogP contribution in [-0.4, -0.2) is 9.97 Å². The van der Waals surface area contributed by atoms with Crippen LogP contribution in [0.15, 0.2) is 47.2 Å². The van der Waals surface area contributed by atoms with Crippen LogP contribution in [0, 0.1) is 0 Å². The van der Waals surface area contributed by atoms with Gasteiger partial charge in [0.25, 0.3) is 0 Å². The molecule has 22 heavy (non-hydrogen) atoms. The Labute approximate surface area is 138 Å². The topological polar surface area (TPSA) is 40.7 Å². The summed E-state index contributed by atoms with van der Waals surface area (Å²) in [7, 11) is 0. The normalized spacial score (nSPS) is 17.6. The molecule has 0 aliphatic heterocycles. The van der Waals surface area contributed by atoms with Crippen LogP contribution in [0.2, 0.25) is 0 Å². The van der Waals surface area contributed by atoms with Gasteiger partial charge in [0.1, 0.15) is 0 Å². The first-order valence-electron chi connectivity index (χ1n) is 7.73. The van der Waals surface area contributed by atoms with E-state index in [0.29, 0.717) is 6.04 Å². The average molecular weight is 356 g/mol. The molecule has 0 bridgehead atoms. The summed E-state index contributed by atoms with van der Waals surface area (Å²) in [5.74, 6) is 0. The average Bonchev–Trinajstić information content (AvgIpc) is 2.92. The molecule has 2 N–H and O–H groups in total. The molecule has 0 unspecified atom stereocenters. The number of nitrogens with zero attached hydrogens (tertiary/aromatic N) is 1. The highest BCUT2D eigenvalue weighted by Crippen LogP contribution is 2.35. The molecular weight excluding hydrogens is 338 g/mol. The number of halogens is 1. The Morgan fingerprint density at radius 2 is 2.27 bits per heavy atom. The van der Waals surface area contributed by atoms with Crippen LogP contribution in [0.25, 0.3) is 10.9 Å². The van der Waals surface area contributed by atoms with Crippen LogP contribution in [0.5, 0.6) is 0 Å². The minimum Gasteiger partial charge on any atom is -0.357 e. The van der Waals surface area contributed by atoms with Gasteiger partial charge < -0.3 is 10.3 Å². The maximum absolute atomic E-state index is 4.18. The smallest absolute Gasteiger partial charge is 0.0478 e. The molecule has 0 amide bonds. The number of rotatable bonds is 3. The van der Waals surface area contributed by atoms with Crippen molar-refractivity contribution in [3.8, 4) is 0 Å². The van der Waals surface area contributed by atoms with Gasteiger partial charge in [-0.1, -0.05) is 22.0 Å². The van der Waals surface area contributed by atoms with Gasteiger partial charge in [-0.15, -0.1) is 0 Å². The lowest BCUT2D eigenvalue weighted by molar-refractivity contribution is 0.452. The van der Waals surface area contributed by atoms with Gasteiger partial charge in [0.05, 0.1) is 0 Å². The van der Waals surface area contributed by atoms with Crippen LogP contribution in [0.4, 0.5) is 0 Å². The fourth-order valence-electron chi connectivity index (χ4n) is 3.38. The molecule has 4 rings (SSSR count). The third kappa shape index (κ3) is 2.57. The van der Waals surface area contributed by atoms with E-state index in [0.717, 1.165) is 17.4 Å². The number of aromatic amines is 1. The van der Waals surface area contributed by atoms with Gasteiger partial charge >= 0.3 is 0 Å². The predicted octanol–water partition coefficient (Wildman–Crippen LogP) is 4.49. The summed E-state index contributed by atoms with van der Waals surface area (Å²) < 4.78 is 1.15. The molecule has 2 aromatic heterocycles. The summed E-state index contributed by atoms with van der Waals surface area (Å²) in [6.45, 7) is 0.858. The Kier molecular flexibility index (Phi) is 3.72. The van der Waals surface area contributed by atoms with E-state index in [2.05, 4.69) is 55.5 Å². The van der Waals surface area contributed by atoms with E-state index in [1.807, 2.05) is 18.5 Å². The molecule has 1 aliphatic rings. The number of aromatic nitrogens is 2. The van der Waals surface area contributed by atoms with Crippen molar-refractivity contribution in [1.82, 2.24) is 15.3 Å². The molecule has 0 spiro atoms. The third-order valence-corrected chi connectivity index (χ3v) is 4.94. The number of nitrogens with one attached hydrogen (secondary N) is 2. The molecule has 0 radical (unpaired) electrons. The second-order valence-corrected chi connectivity index (χ2v) is 6.81. The lowest BCUT2D eigenvalue weighted by atomic mass is 9.91. The summed E-state index contributed by atoms with van der Waals surface area (Å²) in [5.41, 5.74) is 5.31. The van der Waals surface area contributed by atoms with Gasteiger partial charge in [-0.25, -0.2) is 0 Å². The van der Waals surface area contributed by atoms with Crippen molar-refractivity contribution in [3.05, 3.63) is 64.0 Å². The molecule has 1 atom stereocenters. The van der Waals surface area contributed by atoms with Crippen molar-refractivity contribution in [1.29, 1.82) is 0 Å². The number of pyridine rings is 1. The molecule has 2 heterocycles. The summed E-state index contributed by atoms with van der Waals surface area (Å²) in [4.78, 5) is 7.81. The molecule has 1 aliphatic carbocycles. The summed E-state index contributed by atoms with van der Waals surface area (Å²) in [6.07, 6.45) is 7.33. The molecule has 1 aromatic carbocycles. The SMILES string of the molecule is Brc1ccc2[nH]c3c(c2c1)CCC[C@H]3NCc1cccnc1. The van der Waals surface area contributed by atoms with E-state index >= 15 is 0 Å². The highest BCUT2D eigenvalue weighted by atomic mass is 79.9. The minimum absolute atomic E-state index is 0.398. The summed E-state index contributed by atoms with van der Waals surface area (Å²) >= 11 is 3.58. The number of H-pyrrole nitrogens is 1. The number of hydrogen-bond acceptors (Lipinski definition) is 2. The molecule has 0 saturated carbocycles. The van der Waals surface area contributed by atoms with Crippen molar-refractivity contribution in [2.45, 2.75) is 31.8 Å². The number of benzene rings is 1. The van der Waals surface area contributed by atoms with Crippen LogP contribution in [-0.2, 0) is 13.0 Å². The molecule has 3 aromatic rings. The van der Waals surface area contributed by atoms with Crippen LogP contribution in [0.1, 0.15) is 35.7 Å². The van der Waals surface area contributed by atoms with Crippen molar-refractivity contribution in [2.24, 2.45) is 0 Å². The Balaban J connectivity index is 1.63. The van der Waals surface area contributed by atoms with Crippen LogP contribution < -0.4 is 5.32 Å². The second kappa shape index (κ2) is 5.86. The first-order valence-corrected chi connectivity index (χ1v) is 8.53. The standard InChI is InChI=1S/C18H18BrN3/c19-13-6-7-16-15(9-13)14-4-1-5-17(18(14)22-16)21-11-12-3-2-8-20-10-12/h2-3,6-10,17,21-22H,1,4-5,11H2/t17-/m1/s1. The number of aryl methyl sites for hydroxylation is 1. The lowest BCUT2D eigenvalue weighted by Crippen LogP contribution is -2.24. The predicted molar refractivity (Wildman–Crippen MR) is 92.8 cm³/mol. The van der Waals surface area contributed by atoms with Crippen molar-refractivity contribution in [2.75, 3.05) is 0 Å². The van der Waals surface area contributed by atoms with Gasteiger partial charge in [0.2, 0.25) is 0 Å². The van der Waals surface area contributed by atoms with Crippen LogP contribution >= 0.6 is 15.9 Å². The Hall–Kier alpha value is -1.65. The maximum Gasteiger partial charge on any atom is 0.0478 e. The summed E-state index contributed by atoms with van der Waals surface area (Å²) in [6, 6.07) is 11.0. The molecule has 3 nitrogen and oxygen atoms in total. The second-order valence-electron chi connectivity index (χ2n) is 5.89. The first-order chi connectivity index (χ1) is 10.8. The quantitative estimate of drug-likeness (QED) is 0.726. The van der Waals surface area contributed by atoms with E-state index in [4.69, 9.17) is 0 Å². The van der Waals surface area contributed by atoms with E-state index in [1.165, 1.54) is 40.6 Å². The van der Waals surface area contributed by atoms with E-state index in [-0.39, 0.29) is 0 Å². The third-order valence-electron chi connectivity index (χ3n) is 4.44. The zero-order valence-corrected chi connectivity index (χ0v) is 13.9. The van der Waals surface area contributed by atoms with Gasteiger partial charge in [-0.05, 0) is 54.7 Å². The Bertz CT molecular complexity index is 795. The number of hydrogen-bond donors (Lipinski definition) is 2. The fourth-order valence-corrected chi connectivity index (χ4v) is 3.74. The highest BCUT2D eigenvalue weighted by molar-refractivity contribution is 9.10. The highest BCUT2D eigenvalue weighted by Gasteiger charge is 2.23. The van der Waals surface area contributed by atoms with E-state index in [1.54, 1.807) is 0 Å². The zero-order valence-electron chi connectivity index (χ0n) is 12.3. The zero-order chi connectivity index (χ0) is 14.9. The lowest BCUT2D eigenvalue weighted by Gasteiger charge is -2.24. The van der Waals surface area contributed by atoms with Crippen molar-refractivity contribution < 1.29 is 0 Å². The van der Waals surface area contributed by atoms with Gasteiger partial charge in [0, 0.05) is 46.0 Å². The van der Waals surface area contributed by atoms with E-state index < -0.39 is 0 Å². The van der Waals surface area contributed by atoms with Crippen LogP contribution in [0.3, 0.4) is 0 Å². The van der Waals surface area contributed by atoms with E-state index in [9.17, 15) is 0 Å². The molecule has 112 valence electrons. The van der Waals surface area contributed by atoms with Gasteiger partial charge in [-0.2, -0.15) is 0 Å². The van der Waals surface area contributed by atoms with Crippen molar-refractivity contribution >= 4 is 26.8 Å². The van der Waals surface area contributed by atoms with Crippen molar-refractivity contribution in [3.63, 3.8) is 0 Å². The number of fused-ring (bicyclic) bond motifs is 3. The monoisotopic (exact) mass is 355 g/mol.